The molecule has 6 nitrogen and oxygen atoms in total. The van der Waals surface area contributed by atoms with Crippen LogP contribution < -0.4 is 0 Å². The van der Waals surface area contributed by atoms with Crippen molar-refractivity contribution in [1.82, 2.24) is 8.61 Å². The van der Waals surface area contributed by atoms with E-state index in [9.17, 15) is 8.42 Å². The van der Waals surface area contributed by atoms with Gasteiger partial charge in [-0.25, -0.2) is 0 Å². The molecular formula is C10H22N2O4S. The summed E-state index contributed by atoms with van der Waals surface area (Å²) >= 11 is 0. The van der Waals surface area contributed by atoms with Gasteiger partial charge >= 0.3 is 0 Å². The van der Waals surface area contributed by atoms with E-state index in [-0.39, 0.29) is 12.7 Å². The zero-order valence-corrected chi connectivity index (χ0v) is 11.3. The lowest BCUT2D eigenvalue weighted by atomic mass is 10.2. The van der Waals surface area contributed by atoms with Crippen molar-refractivity contribution < 1.29 is 18.3 Å². The Morgan fingerprint density at radius 1 is 1.35 bits per heavy atom. The SMILES string of the molecule is CN(CCCO)S(=O)(=O)N(C)CC1CCCO1. The maximum Gasteiger partial charge on any atom is 0.281 e. The molecule has 0 amide bonds. The summed E-state index contributed by atoms with van der Waals surface area (Å²) in [5, 5.41) is 8.69. The normalized spacial score (nSPS) is 21.6. The fourth-order valence-electron chi connectivity index (χ4n) is 1.82. The third kappa shape index (κ3) is 4.18. The minimum atomic E-state index is -3.42. The summed E-state index contributed by atoms with van der Waals surface area (Å²) in [6.07, 6.45) is 2.38. The fraction of sp³-hybridized carbons (Fsp3) is 1.00. The Hall–Kier alpha value is -0.210. The minimum absolute atomic E-state index is 0.00465. The number of rotatable bonds is 7. The Kier molecular flexibility index (Phi) is 5.81. The van der Waals surface area contributed by atoms with Crippen molar-refractivity contribution in [1.29, 1.82) is 0 Å². The van der Waals surface area contributed by atoms with E-state index in [1.165, 1.54) is 15.7 Å². The maximum atomic E-state index is 12.0. The molecule has 1 fully saturated rings. The van der Waals surface area contributed by atoms with E-state index >= 15 is 0 Å². The van der Waals surface area contributed by atoms with Gasteiger partial charge in [-0.3, -0.25) is 0 Å². The Morgan fingerprint density at radius 2 is 2.06 bits per heavy atom. The lowest BCUT2D eigenvalue weighted by molar-refractivity contribution is 0.0967. The second-order valence-electron chi connectivity index (χ2n) is 4.32. The minimum Gasteiger partial charge on any atom is -0.396 e. The first-order valence-electron chi connectivity index (χ1n) is 5.88. The molecule has 1 saturated heterocycles. The molecule has 1 rings (SSSR count). The zero-order chi connectivity index (χ0) is 12.9. The molecular weight excluding hydrogens is 244 g/mol. The van der Waals surface area contributed by atoms with E-state index in [4.69, 9.17) is 9.84 Å². The molecule has 1 heterocycles. The van der Waals surface area contributed by atoms with E-state index in [0.717, 1.165) is 19.4 Å². The smallest absolute Gasteiger partial charge is 0.281 e. The summed E-state index contributed by atoms with van der Waals surface area (Å²) in [5.74, 6) is 0. The first-order chi connectivity index (χ1) is 7.98. The molecule has 1 aliphatic rings. The van der Waals surface area contributed by atoms with Gasteiger partial charge in [-0.2, -0.15) is 17.0 Å². The summed E-state index contributed by atoms with van der Waals surface area (Å²) in [7, 11) is -0.336. The number of aliphatic hydroxyl groups excluding tert-OH is 1. The van der Waals surface area contributed by atoms with Gasteiger partial charge in [0.1, 0.15) is 0 Å². The maximum absolute atomic E-state index is 12.0. The van der Waals surface area contributed by atoms with Gasteiger partial charge in [-0.05, 0) is 19.3 Å². The monoisotopic (exact) mass is 266 g/mol. The van der Waals surface area contributed by atoms with E-state index in [1.807, 2.05) is 0 Å². The van der Waals surface area contributed by atoms with Gasteiger partial charge in [-0.15, -0.1) is 0 Å². The molecule has 0 saturated carbocycles. The summed E-state index contributed by atoms with van der Waals surface area (Å²) in [6, 6.07) is 0. The lowest BCUT2D eigenvalue weighted by Crippen LogP contribution is -2.43. The van der Waals surface area contributed by atoms with E-state index < -0.39 is 10.2 Å². The standard InChI is InChI=1S/C10H22N2O4S/c1-11(6-4-7-13)17(14,15)12(2)9-10-5-3-8-16-10/h10,13H,3-9H2,1-2H3. The Labute approximate surface area is 103 Å². The number of nitrogens with zero attached hydrogens (tertiary/aromatic N) is 2. The van der Waals surface area contributed by atoms with Crippen LogP contribution in [0, 0.1) is 0 Å². The predicted octanol–water partition coefficient (Wildman–Crippen LogP) is -0.344. The van der Waals surface area contributed by atoms with Crippen LogP contribution in [0.15, 0.2) is 0 Å². The average Bonchev–Trinajstić information content (AvgIpc) is 2.78. The number of ether oxygens (including phenoxy) is 1. The molecule has 0 radical (unpaired) electrons. The van der Waals surface area contributed by atoms with Crippen LogP contribution in [0.2, 0.25) is 0 Å². The van der Waals surface area contributed by atoms with Crippen LogP contribution in [0.5, 0.6) is 0 Å². The van der Waals surface area contributed by atoms with Crippen molar-refractivity contribution >= 4 is 10.2 Å². The quantitative estimate of drug-likeness (QED) is 0.684. The summed E-state index contributed by atoms with van der Waals surface area (Å²) < 4.78 is 32.1. The molecule has 0 spiro atoms. The molecule has 0 bridgehead atoms. The van der Waals surface area contributed by atoms with Gasteiger partial charge in [0.15, 0.2) is 0 Å². The second-order valence-corrected chi connectivity index (χ2v) is 6.46. The average molecular weight is 266 g/mol. The van der Waals surface area contributed by atoms with Crippen molar-refractivity contribution in [2.24, 2.45) is 0 Å². The molecule has 0 aromatic heterocycles. The van der Waals surface area contributed by atoms with Crippen molar-refractivity contribution in [2.45, 2.75) is 25.4 Å². The lowest BCUT2D eigenvalue weighted by Gasteiger charge is -2.25. The molecule has 7 heteroatoms. The molecule has 1 unspecified atom stereocenters. The topological polar surface area (TPSA) is 70.1 Å². The van der Waals surface area contributed by atoms with Crippen molar-refractivity contribution in [3.63, 3.8) is 0 Å². The summed E-state index contributed by atoms with van der Waals surface area (Å²) in [6.45, 7) is 1.44. The molecule has 0 aliphatic carbocycles. The number of likely N-dealkylation sites (N-methyl/N-ethyl adjacent to an activating group) is 1. The van der Waals surface area contributed by atoms with Crippen LogP contribution in [-0.4, -0.2) is 68.6 Å². The molecule has 1 atom stereocenters. The highest BCUT2D eigenvalue weighted by Crippen LogP contribution is 2.15. The zero-order valence-electron chi connectivity index (χ0n) is 10.5. The first-order valence-corrected chi connectivity index (χ1v) is 7.28. The van der Waals surface area contributed by atoms with Crippen molar-refractivity contribution in [2.75, 3.05) is 40.4 Å². The molecule has 17 heavy (non-hydrogen) atoms. The van der Waals surface area contributed by atoms with Gasteiger partial charge in [-0.1, -0.05) is 0 Å². The first kappa shape index (κ1) is 14.8. The summed E-state index contributed by atoms with van der Waals surface area (Å²) in [5.41, 5.74) is 0. The third-order valence-corrected chi connectivity index (χ3v) is 4.81. The van der Waals surface area contributed by atoms with Crippen LogP contribution in [0.3, 0.4) is 0 Å². The van der Waals surface area contributed by atoms with Gasteiger partial charge in [0.05, 0.1) is 6.10 Å². The Morgan fingerprint density at radius 3 is 2.59 bits per heavy atom. The van der Waals surface area contributed by atoms with Crippen LogP contribution in [-0.2, 0) is 14.9 Å². The van der Waals surface area contributed by atoms with E-state index in [2.05, 4.69) is 0 Å². The van der Waals surface area contributed by atoms with Gasteiger partial charge in [0.2, 0.25) is 0 Å². The van der Waals surface area contributed by atoms with Gasteiger partial charge < -0.3 is 9.84 Å². The molecule has 1 aliphatic heterocycles. The molecule has 0 aromatic carbocycles. The van der Waals surface area contributed by atoms with Crippen LogP contribution >= 0.6 is 0 Å². The predicted molar refractivity (Wildman–Crippen MR) is 64.9 cm³/mol. The van der Waals surface area contributed by atoms with Gasteiger partial charge in [0, 0.05) is 40.4 Å². The van der Waals surface area contributed by atoms with Crippen molar-refractivity contribution in [3.05, 3.63) is 0 Å². The highest BCUT2D eigenvalue weighted by atomic mass is 32.2. The van der Waals surface area contributed by atoms with Crippen LogP contribution in [0.4, 0.5) is 0 Å². The Balaban J connectivity index is 2.49. The van der Waals surface area contributed by atoms with Gasteiger partial charge in [0.25, 0.3) is 10.2 Å². The summed E-state index contributed by atoms with van der Waals surface area (Å²) in [4.78, 5) is 0. The highest BCUT2D eigenvalue weighted by molar-refractivity contribution is 7.86. The largest absolute Gasteiger partial charge is 0.396 e. The van der Waals surface area contributed by atoms with E-state index in [1.54, 1.807) is 7.05 Å². The highest BCUT2D eigenvalue weighted by Gasteiger charge is 2.27. The number of hydrogen-bond donors (Lipinski definition) is 1. The third-order valence-electron chi connectivity index (χ3n) is 2.90. The Bertz CT molecular complexity index is 314. The van der Waals surface area contributed by atoms with Crippen LogP contribution in [0.1, 0.15) is 19.3 Å². The molecule has 1 N–H and O–H groups in total. The van der Waals surface area contributed by atoms with Crippen molar-refractivity contribution in [3.8, 4) is 0 Å². The molecule has 102 valence electrons. The van der Waals surface area contributed by atoms with E-state index in [0.29, 0.717) is 19.5 Å². The second kappa shape index (κ2) is 6.65. The number of aliphatic hydroxyl groups is 1. The number of hydrogen-bond acceptors (Lipinski definition) is 4. The van der Waals surface area contributed by atoms with Crippen LogP contribution in [0.25, 0.3) is 0 Å². The molecule has 0 aromatic rings. The fourth-order valence-corrected chi connectivity index (χ4v) is 3.01.